The molecular formula is C13H17BBrFO2. The Morgan fingerprint density at radius 2 is 1.61 bits per heavy atom. The lowest BCUT2D eigenvalue weighted by Gasteiger charge is -2.32. The second kappa shape index (κ2) is 4.32. The van der Waals surface area contributed by atoms with Gasteiger partial charge < -0.3 is 9.31 Å². The standard InChI is InChI=1S/C13H17BBrFO2/c1-8-10(6-9(16)7-11(8)15)14-17-12(2,3)13(4,5)18-14/h6-7H,1-5H3. The Morgan fingerprint density at radius 1 is 1.11 bits per heavy atom. The van der Waals surface area contributed by atoms with Crippen molar-refractivity contribution >= 4 is 28.5 Å². The number of benzene rings is 1. The number of rotatable bonds is 1. The molecule has 0 aliphatic carbocycles. The lowest BCUT2D eigenvalue weighted by molar-refractivity contribution is 0.00578. The van der Waals surface area contributed by atoms with E-state index < -0.39 is 18.3 Å². The van der Waals surface area contributed by atoms with E-state index >= 15 is 0 Å². The summed E-state index contributed by atoms with van der Waals surface area (Å²) in [5.74, 6) is -0.294. The van der Waals surface area contributed by atoms with E-state index in [0.29, 0.717) is 0 Å². The second-order valence-electron chi connectivity index (χ2n) is 5.69. The topological polar surface area (TPSA) is 18.5 Å². The average Bonchev–Trinajstić information content (AvgIpc) is 2.42. The van der Waals surface area contributed by atoms with E-state index in [2.05, 4.69) is 15.9 Å². The van der Waals surface area contributed by atoms with E-state index in [4.69, 9.17) is 9.31 Å². The van der Waals surface area contributed by atoms with Gasteiger partial charge in [-0.15, -0.1) is 0 Å². The van der Waals surface area contributed by atoms with Gasteiger partial charge in [0, 0.05) is 4.47 Å². The molecule has 0 spiro atoms. The summed E-state index contributed by atoms with van der Waals surface area (Å²) >= 11 is 3.35. The third kappa shape index (κ3) is 2.24. The molecule has 1 aliphatic rings. The van der Waals surface area contributed by atoms with E-state index in [0.717, 1.165) is 15.5 Å². The van der Waals surface area contributed by atoms with Gasteiger partial charge in [-0.1, -0.05) is 15.9 Å². The fraction of sp³-hybridized carbons (Fsp3) is 0.538. The maximum atomic E-state index is 13.5. The predicted molar refractivity (Wildman–Crippen MR) is 74.6 cm³/mol. The van der Waals surface area contributed by atoms with Crippen LogP contribution in [0.25, 0.3) is 0 Å². The highest BCUT2D eigenvalue weighted by molar-refractivity contribution is 9.10. The van der Waals surface area contributed by atoms with E-state index in [-0.39, 0.29) is 5.82 Å². The molecule has 1 aliphatic heterocycles. The molecule has 2 rings (SSSR count). The van der Waals surface area contributed by atoms with Crippen LogP contribution in [-0.4, -0.2) is 18.3 Å². The highest BCUT2D eigenvalue weighted by atomic mass is 79.9. The molecule has 18 heavy (non-hydrogen) atoms. The Labute approximate surface area is 116 Å². The lowest BCUT2D eigenvalue weighted by atomic mass is 9.76. The minimum absolute atomic E-state index is 0.294. The van der Waals surface area contributed by atoms with Crippen molar-refractivity contribution in [1.82, 2.24) is 0 Å². The molecule has 0 atom stereocenters. The van der Waals surface area contributed by atoms with Gasteiger partial charge in [0.15, 0.2) is 0 Å². The van der Waals surface area contributed by atoms with Gasteiger partial charge in [-0.2, -0.15) is 0 Å². The summed E-state index contributed by atoms with van der Waals surface area (Å²) < 4.78 is 26.1. The molecule has 5 heteroatoms. The largest absolute Gasteiger partial charge is 0.495 e. The van der Waals surface area contributed by atoms with Crippen LogP contribution in [0.4, 0.5) is 4.39 Å². The van der Waals surface area contributed by atoms with Gasteiger partial charge in [0.2, 0.25) is 0 Å². The fourth-order valence-corrected chi connectivity index (χ4v) is 2.33. The lowest BCUT2D eigenvalue weighted by Crippen LogP contribution is -2.41. The SMILES string of the molecule is Cc1c(Br)cc(F)cc1B1OC(C)(C)C(C)(C)O1. The fourth-order valence-electron chi connectivity index (χ4n) is 1.88. The Hall–Kier alpha value is -0.385. The summed E-state index contributed by atoms with van der Waals surface area (Å²) in [6, 6.07) is 2.92. The first-order chi connectivity index (χ1) is 8.14. The molecule has 2 nitrogen and oxygen atoms in total. The summed E-state index contributed by atoms with van der Waals surface area (Å²) in [5.41, 5.74) is 0.849. The molecule has 0 N–H and O–H groups in total. The summed E-state index contributed by atoms with van der Waals surface area (Å²) in [4.78, 5) is 0. The van der Waals surface area contributed by atoms with Crippen LogP contribution in [0.15, 0.2) is 16.6 Å². The molecule has 1 heterocycles. The number of hydrogen-bond acceptors (Lipinski definition) is 2. The van der Waals surface area contributed by atoms with Crippen molar-refractivity contribution in [3.63, 3.8) is 0 Å². The Bertz CT molecular complexity index is 472. The van der Waals surface area contributed by atoms with Crippen molar-refractivity contribution < 1.29 is 13.7 Å². The summed E-state index contributed by atoms with van der Waals surface area (Å²) in [5, 5.41) is 0. The van der Waals surface area contributed by atoms with Gasteiger partial charge in [-0.05, 0) is 57.8 Å². The summed E-state index contributed by atoms with van der Waals surface area (Å²) in [6.07, 6.45) is 0. The molecule has 98 valence electrons. The van der Waals surface area contributed by atoms with Gasteiger partial charge in [0.25, 0.3) is 0 Å². The van der Waals surface area contributed by atoms with Crippen molar-refractivity contribution in [2.24, 2.45) is 0 Å². The molecule has 0 bridgehead atoms. The first kappa shape index (κ1) is 14.0. The molecule has 0 saturated carbocycles. The van der Waals surface area contributed by atoms with Crippen molar-refractivity contribution in [3.8, 4) is 0 Å². The van der Waals surface area contributed by atoms with Crippen LogP contribution < -0.4 is 5.46 Å². The maximum Gasteiger partial charge on any atom is 0.495 e. The normalized spacial score (nSPS) is 21.4. The highest BCUT2D eigenvalue weighted by Gasteiger charge is 2.52. The predicted octanol–water partition coefficient (Wildman–Crippen LogP) is 3.20. The molecule has 0 amide bonds. The van der Waals surface area contributed by atoms with Crippen LogP contribution in [0.3, 0.4) is 0 Å². The molecule has 0 aromatic heterocycles. The van der Waals surface area contributed by atoms with Gasteiger partial charge in [-0.25, -0.2) is 4.39 Å². The molecule has 1 aromatic carbocycles. The summed E-state index contributed by atoms with van der Waals surface area (Å²) in [7, 11) is -0.526. The van der Waals surface area contributed by atoms with Crippen LogP contribution in [0.5, 0.6) is 0 Å². The molecular weight excluding hydrogens is 298 g/mol. The molecule has 1 fully saturated rings. The minimum Gasteiger partial charge on any atom is -0.399 e. The van der Waals surface area contributed by atoms with E-state index in [1.165, 1.54) is 12.1 Å². The molecule has 0 unspecified atom stereocenters. The van der Waals surface area contributed by atoms with Crippen molar-refractivity contribution in [3.05, 3.63) is 28.0 Å². The number of halogens is 2. The zero-order valence-electron chi connectivity index (χ0n) is 11.3. The first-order valence-electron chi connectivity index (χ1n) is 5.95. The first-order valence-corrected chi connectivity index (χ1v) is 6.74. The van der Waals surface area contributed by atoms with Crippen LogP contribution in [0.1, 0.15) is 33.3 Å². The molecule has 1 aromatic rings. The van der Waals surface area contributed by atoms with Crippen molar-refractivity contribution in [2.45, 2.75) is 45.8 Å². The Kier molecular flexibility index (Phi) is 3.37. The third-order valence-corrected chi connectivity index (χ3v) is 4.68. The van der Waals surface area contributed by atoms with Crippen LogP contribution >= 0.6 is 15.9 Å². The van der Waals surface area contributed by atoms with Gasteiger partial charge in [0.05, 0.1) is 11.2 Å². The van der Waals surface area contributed by atoms with Crippen molar-refractivity contribution in [2.75, 3.05) is 0 Å². The van der Waals surface area contributed by atoms with Crippen LogP contribution in [-0.2, 0) is 9.31 Å². The zero-order chi connectivity index (χ0) is 13.7. The molecule has 1 saturated heterocycles. The quantitative estimate of drug-likeness (QED) is 0.741. The average molecular weight is 315 g/mol. The Morgan fingerprint density at radius 3 is 2.11 bits per heavy atom. The minimum atomic E-state index is -0.526. The Balaban J connectivity index is 2.41. The zero-order valence-corrected chi connectivity index (χ0v) is 12.9. The summed E-state index contributed by atoms with van der Waals surface area (Å²) in [6.45, 7) is 9.85. The van der Waals surface area contributed by atoms with Gasteiger partial charge in [-0.3, -0.25) is 0 Å². The van der Waals surface area contributed by atoms with E-state index in [1.807, 2.05) is 34.6 Å². The van der Waals surface area contributed by atoms with E-state index in [1.54, 1.807) is 0 Å². The van der Waals surface area contributed by atoms with Crippen LogP contribution in [0.2, 0.25) is 0 Å². The second-order valence-corrected chi connectivity index (χ2v) is 6.54. The van der Waals surface area contributed by atoms with Gasteiger partial charge >= 0.3 is 7.12 Å². The van der Waals surface area contributed by atoms with Crippen molar-refractivity contribution in [1.29, 1.82) is 0 Å². The third-order valence-electron chi connectivity index (χ3n) is 3.86. The van der Waals surface area contributed by atoms with Gasteiger partial charge in [0.1, 0.15) is 5.82 Å². The smallest absolute Gasteiger partial charge is 0.399 e. The highest BCUT2D eigenvalue weighted by Crippen LogP contribution is 2.37. The monoisotopic (exact) mass is 314 g/mol. The number of hydrogen-bond donors (Lipinski definition) is 0. The van der Waals surface area contributed by atoms with E-state index in [9.17, 15) is 4.39 Å². The van der Waals surface area contributed by atoms with Crippen LogP contribution in [0, 0.1) is 12.7 Å². The molecule has 0 radical (unpaired) electrons. The maximum absolute atomic E-state index is 13.5.